The first-order chi connectivity index (χ1) is 45.6. The number of unbranched alkanes of at least 4 members (excludes halogenated alkanes) is 12. The summed E-state index contributed by atoms with van der Waals surface area (Å²) in [6.45, 7) is 37.0. The number of aromatic amines is 4. The van der Waals surface area contributed by atoms with Crippen LogP contribution >= 0.6 is 0 Å². The number of fused-ring (bicyclic) bond motifs is 16. The third-order valence-electron chi connectivity index (χ3n) is 21.9. The van der Waals surface area contributed by atoms with Crippen molar-refractivity contribution in [2.45, 2.75) is 265 Å². The summed E-state index contributed by atoms with van der Waals surface area (Å²) in [7, 11) is 0. The van der Waals surface area contributed by atoms with Crippen molar-refractivity contribution in [3.63, 3.8) is 0 Å². The number of H-pyrrole nitrogens is 4. The lowest BCUT2D eigenvalue weighted by Crippen LogP contribution is -1.94. The fourth-order valence-corrected chi connectivity index (χ4v) is 16.0. The van der Waals surface area contributed by atoms with Gasteiger partial charge in [0.15, 0.2) is 0 Å². The molecule has 8 heteroatoms. The lowest BCUT2D eigenvalue weighted by atomic mass is 9.91. The van der Waals surface area contributed by atoms with Gasteiger partial charge in [-0.05, 0) is 269 Å². The number of nitrogens with zero attached hydrogens (tertiary/aromatic N) is 4. The summed E-state index contributed by atoms with van der Waals surface area (Å²) >= 11 is 0. The highest BCUT2D eigenvalue weighted by molar-refractivity contribution is 6.04. The van der Waals surface area contributed by atoms with E-state index in [4.69, 9.17) is 19.9 Å². The van der Waals surface area contributed by atoms with Crippen LogP contribution in [0, 0.1) is 27.7 Å². The zero-order valence-electron chi connectivity index (χ0n) is 60.5. The first kappa shape index (κ1) is 67.8. The number of allylic oxidation sites excluding steroid dienone is 8. The maximum Gasteiger partial charge on any atom is 0.0771 e. The predicted octanol–water partition coefficient (Wildman–Crippen LogP) is 25.4. The van der Waals surface area contributed by atoms with Gasteiger partial charge in [-0.15, -0.1) is 0 Å². The number of hydrogen-bond acceptors (Lipinski definition) is 4. The molecule has 1 aromatic carbocycles. The van der Waals surface area contributed by atoms with E-state index < -0.39 is 0 Å². The largest absolute Gasteiger partial charge is 0.355 e. The molecule has 0 saturated carbocycles. The molecule has 0 radical (unpaired) electrons. The summed E-state index contributed by atoms with van der Waals surface area (Å²) in [6, 6.07) is 23.7. The number of hydrogen-bond donors (Lipinski definition) is 4. The Balaban J connectivity index is 1.19. The number of aryl methyl sites for hydroxylation is 8. The summed E-state index contributed by atoms with van der Waals surface area (Å²) in [5.74, 6) is 0. The van der Waals surface area contributed by atoms with E-state index in [0.717, 1.165) is 165 Å². The zero-order chi connectivity index (χ0) is 66.5. The van der Waals surface area contributed by atoms with Crippen LogP contribution < -0.4 is 0 Å². The van der Waals surface area contributed by atoms with Gasteiger partial charge in [-0.25, -0.2) is 19.9 Å². The van der Waals surface area contributed by atoms with Crippen molar-refractivity contribution in [3.05, 3.63) is 151 Å². The molecule has 4 aliphatic heterocycles. The van der Waals surface area contributed by atoms with Gasteiger partial charge in [-0.2, -0.15) is 0 Å². The van der Waals surface area contributed by atoms with Gasteiger partial charge in [0.1, 0.15) is 0 Å². The van der Waals surface area contributed by atoms with Crippen molar-refractivity contribution >= 4 is 88.7 Å². The molecule has 0 aliphatic carbocycles. The summed E-state index contributed by atoms with van der Waals surface area (Å²) in [6.07, 6.45) is 27.0. The summed E-state index contributed by atoms with van der Waals surface area (Å²) in [5, 5.41) is 0. The minimum atomic E-state index is 0.850. The molecule has 494 valence electrons. The second kappa shape index (κ2) is 30.0. The third-order valence-corrected chi connectivity index (χ3v) is 21.9. The topological polar surface area (TPSA) is 115 Å². The van der Waals surface area contributed by atoms with Crippen LogP contribution in [0.4, 0.5) is 0 Å². The lowest BCUT2D eigenvalue weighted by Gasteiger charge is -2.13. The first-order valence-corrected chi connectivity index (χ1v) is 37.1. The quantitative estimate of drug-likeness (QED) is 0.0404. The molecule has 8 nitrogen and oxygen atoms in total. The molecule has 6 aromatic heterocycles. The summed E-state index contributed by atoms with van der Waals surface area (Å²) in [5.41, 5.74) is 43.1. The van der Waals surface area contributed by atoms with Crippen LogP contribution in [0.15, 0.2) is 60.7 Å². The van der Waals surface area contributed by atoms with Crippen molar-refractivity contribution in [3.8, 4) is 22.3 Å². The molecule has 16 bridgehead atoms. The Labute approximate surface area is 563 Å². The number of benzene rings is 1. The Morgan fingerprint density at radius 1 is 0.277 bits per heavy atom. The summed E-state index contributed by atoms with van der Waals surface area (Å²) < 4.78 is 0. The fraction of sp³-hybridized carbons (Fsp3) is 0.465. The van der Waals surface area contributed by atoms with E-state index >= 15 is 0 Å². The number of aromatic nitrogens is 8. The molecule has 94 heavy (non-hydrogen) atoms. The smallest absolute Gasteiger partial charge is 0.0771 e. The molecule has 4 aliphatic rings. The zero-order valence-corrected chi connectivity index (χ0v) is 60.5. The molecular weight excluding hydrogens is 1150 g/mol. The van der Waals surface area contributed by atoms with E-state index in [1.807, 2.05) is 0 Å². The Bertz CT molecular complexity index is 4210. The van der Waals surface area contributed by atoms with Gasteiger partial charge in [0.25, 0.3) is 0 Å². The minimum absolute atomic E-state index is 0.850. The molecule has 0 spiro atoms. The third kappa shape index (κ3) is 13.3. The van der Waals surface area contributed by atoms with E-state index in [9.17, 15) is 0 Å². The van der Waals surface area contributed by atoms with E-state index in [0.29, 0.717) is 0 Å². The van der Waals surface area contributed by atoms with Crippen LogP contribution in [-0.4, -0.2) is 39.9 Å². The van der Waals surface area contributed by atoms with Crippen molar-refractivity contribution < 1.29 is 0 Å². The van der Waals surface area contributed by atoms with Crippen molar-refractivity contribution in [1.29, 1.82) is 0 Å². The minimum Gasteiger partial charge on any atom is -0.355 e. The number of rotatable bonds is 26. The molecule has 10 heterocycles. The number of nitrogens with one attached hydrogen (secondary N) is 4. The lowest BCUT2D eigenvalue weighted by molar-refractivity contribution is 0.667. The Morgan fingerprint density at radius 3 is 0.904 bits per heavy atom. The second-order valence-electron chi connectivity index (χ2n) is 27.9. The molecule has 0 fully saturated rings. The predicted molar refractivity (Wildman–Crippen MR) is 408 cm³/mol. The average molecular weight is 1260 g/mol. The standard InChI is InChI=1S/C86H110N8/c1-17-25-29-33-37-65-55(13)69-45-73-51(9)61(21-5)83(91-73)81(84-62(22-6)52(10)74(92-84)46-70-56(14)66(38-34-30-26-18-2)78(88-70)49-77(65)87-69)59-41-43-60(44-42-59)82-85-63(23-7)53(11)75(93-85)47-71-57(15)67(39-35-31-27-19-3)79(89-71)50-80-68(40-36-32-28-20-4)58(16)72(90-80)48-76-54(12)64(24-8)86(82)94-76/h41-50,87,89,92,94H,17-40H2,1-16H3. The van der Waals surface area contributed by atoms with Crippen molar-refractivity contribution in [1.82, 2.24) is 39.9 Å². The Kier molecular flexibility index (Phi) is 21.7. The highest BCUT2D eigenvalue weighted by Crippen LogP contribution is 2.46. The molecule has 7 aromatic rings. The van der Waals surface area contributed by atoms with Crippen LogP contribution in [0.3, 0.4) is 0 Å². The Morgan fingerprint density at radius 2 is 0.574 bits per heavy atom. The Hall–Kier alpha value is -7.58. The van der Waals surface area contributed by atoms with Gasteiger partial charge in [0, 0.05) is 44.2 Å². The van der Waals surface area contributed by atoms with Crippen LogP contribution in [0.25, 0.3) is 111 Å². The van der Waals surface area contributed by atoms with Crippen LogP contribution in [0.5, 0.6) is 0 Å². The van der Waals surface area contributed by atoms with Gasteiger partial charge >= 0.3 is 0 Å². The molecule has 4 N–H and O–H groups in total. The van der Waals surface area contributed by atoms with Gasteiger partial charge in [-0.3, -0.25) is 0 Å². The molecule has 11 rings (SSSR count). The van der Waals surface area contributed by atoms with E-state index in [1.54, 1.807) is 0 Å². The highest BCUT2D eigenvalue weighted by atomic mass is 14.8. The first-order valence-electron chi connectivity index (χ1n) is 37.1. The average Bonchev–Trinajstić information content (AvgIpc) is 1.59. The van der Waals surface area contributed by atoms with Crippen molar-refractivity contribution in [2.75, 3.05) is 0 Å². The maximum absolute atomic E-state index is 5.84. The van der Waals surface area contributed by atoms with Crippen LogP contribution in [0.2, 0.25) is 0 Å². The molecule has 0 amide bonds. The fourth-order valence-electron chi connectivity index (χ4n) is 16.0. The molecule has 0 saturated heterocycles. The van der Waals surface area contributed by atoms with Gasteiger partial charge in [0.2, 0.25) is 0 Å². The molecular formula is C86H110N8. The van der Waals surface area contributed by atoms with Crippen molar-refractivity contribution in [2.24, 2.45) is 0 Å². The normalized spacial score (nSPS) is 13.5. The second-order valence-corrected chi connectivity index (χ2v) is 27.9. The molecule has 0 unspecified atom stereocenters. The van der Waals surface area contributed by atoms with E-state index in [1.165, 1.54) is 190 Å². The monoisotopic (exact) mass is 1250 g/mol. The van der Waals surface area contributed by atoms with Gasteiger partial charge in [0.05, 0.1) is 56.6 Å². The van der Waals surface area contributed by atoms with E-state index in [2.05, 4.69) is 191 Å². The maximum atomic E-state index is 5.84. The molecule has 0 atom stereocenters. The highest BCUT2D eigenvalue weighted by Gasteiger charge is 2.28. The SMILES string of the molecule is CCCCCCC1=C(C)c2cc3[nH]c(c(CC)c3C)c(-c3ccc(-c4c5nc(cc6[nH]c(cc7nc(cc8[nH]c4c(CC)c8C)C(C)=C7CCCCCC)c(CCCCCC)c6C)C(C)=C5CC)cc3)c3nc(cc4[nH]c(cc1n2)c(CCCCCC)c4C)C(C)=C3CC. The van der Waals surface area contributed by atoms with Crippen LogP contribution in [-0.2, 0) is 25.7 Å². The van der Waals surface area contributed by atoms with Gasteiger partial charge < -0.3 is 19.9 Å². The van der Waals surface area contributed by atoms with Crippen LogP contribution in [0.1, 0.15) is 302 Å². The van der Waals surface area contributed by atoms with E-state index in [-0.39, 0.29) is 0 Å². The summed E-state index contributed by atoms with van der Waals surface area (Å²) in [4.78, 5) is 39.2. The van der Waals surface area contributed by atoms with Gasteiger partial charge in [-0.1, -0.05) is 157 Å².